The number of ether oxygens (including phenoxy) is 1. The Labute approximate surface area is 64.7 Å². The Hall–Kier alpha value is -1.68. The van der Waals surface area contributed by atoms with Gasteiger partial charge >= 0.3 is 0 Å². The lowest BCUT2D eigenvalue weighted by molar-refractivity contribution is 0.183. The molecule has 0 saturated carbocycles. The Kier molecular flexibility index (Phi) is 1.98. The number of nitrogens with one attached hydrogen (secondary N) is 1. The molecule has 4 nitrogen and oxygen atoms in total. The second-order valence-corrected chi connectivity index (χ2v) is 2.24. The van der Waals surface area contributed by atoms with Crippen molar-refractivity contribution in [3.63, 3.8) is 0 Å². The first-order valence-electron chi connectivity index (χ1n) is 3.23. The van der Waals surface area contributed by atoms with Crippen molar-refractivity contribution in [2.24, 2.45) is 0 Å². The normalized spacial score (nSPS) is 21.0. The van der Waals surface area contributed by atoms with Crippen molar-refractivity contribution in [1.29, 1.82) is 10.5 Å². The maximum Gasteiger partial charge on any atom is 0.216 e. The van der Waals surface area contributed by atoms with Crippen LogP contribution in [0.2, 0.25) is 0 Å². The van der Waals surface area contributed by atoms with Crippen molar-refractivity contribution < 1.29 is 4.74 Å². The molecule has 11 heavy (non-hydrogen) atoms. The lowest BCUT2D eigenvalue weighted by Crippen LogP contribution is -2.09. The average Bonchev–Trinajstić information content (AvgIpc) is 2.39. The summed E-state index contributed by atoms with van der Waals surface area (Å²) in [6.07, 6.45) is 0.0432. The maximum absolute atomic E-state index is 8.42. The van der Waals surface area contributed by atoms with Crippen LogP contribution in [0.15, 0.2) is 11.5 Å². The molecule has 1 aliphatic heterocycles. The second kappa shape index (κ2) is 2.94. The zero-order chi connectivity index (χ0) is 8.27. The van der Waals surface area contributed by atoms with Crippen LogP contribution in [-0.4, -0.2) is 12.6 Å². The van der Waals surface area contributed by atoms with Gasteiger partial charge in [0.2, 0.25) is 5.88 Å². The first-order valence-corrected chi connectivity index (χ1v) is 3.23. The van der Waals surface area contributed by atoms with Gasteiger partial charge in [-0.2, -0.15) is 10.5 Å². The highest BCUT2D eigenvalue weighted by Gasteiger charge is 2.18. The van der Waals surface area contributed by atoms with Gasteiger partial charge in [0.25, 0.3) is 0 Å². The van der Waals surface area contributed by atoms with Crippen molar-refractivity contribution in [3.8, 4) is 12.1 Å². The number of hydrogen-bond donors (Lipinski definition) is 1. The highest BCUT2D eigenvalue weighted by Crippen LogP contribution is 2.10. The van der Waals surface area contributed by atoms with Gasteiger partial charge in [-0.15, -0.1) is 0 Å². The van der Waals surface area contributed by atoms with Gasteiger partial charge in [-0.3, -0.25) is 0 Å². The van der Waals surface area contributed by atoms with Crippen molar-refractivity contribution in [3.05, 3.63) is 11.5 Å². The molecule has 4 heteroatoms. The number of nitrogens with zero attached hydrogens (tertiary/aromatic N) is 2. The van der Waals surface area contributed by atoms with Crippen LogP contribution in [0.4, 0.5) is 0 Å². The molecule has 1 saturated heterocycles. The smallest absolute Gasteiger partial charge is 0.216 e. The largest absolute Gasteiger partial charge is 0.473 e. The van der Waals surface area contributed by atoms with Crippen LogP contribution < -0.4 is 5.32 Å². The number of hydrogen-bond acceptors (Lipinski definition) is 4. The summed E-state index contributed by atoms with van der Waals surface area (Å²) in [5, 5.41) is 19.7. The van der Waals surface area contributed by atoms with Gasteiger partial charge in [-0.05, 0) is 6.92 Å². The van der Waals surface area contributed by atoms with Gasteiger partial charge < -0.3 is 10.1 Å². The monoisotopic (exact) mass is 149 g/mol. The quantitative estimate of drug-likeness (QED) is 0.501. The topological polar surface area (TPSA) is 68.8 Å². The summed E-state index contributed by atoms with van der Waals surface area (Å²) in [5.74, 6) is 0.308. The lowest BCUT2D eigenvalue weighted by atomic mass is 10.3. The van der Waals surface area contributed by atoms with E-state index in [1.807, 2.05) is 6.92 Å². The predicted octanol–water partition coefficient (Wildman–Crippen LogP) is 0.253. The summed E-state index contributed by atoms with van der Waals surface area (Å²) in [6, 6.07) is 3.49. The van der Waals surface area contributed by atoms with E-state index in [0.717, 1.165) is 0 Å². The molecule has 0 aliphatic carbocycles. The fourth-order valence-corrected chi connectivity index (χ4v) is 0.795. The third kappa shape index (κ3) is 1.42. The summed E-state index contributed by atoms with van der Waals surface area (Å²) in [5.41, 5.74) is 0.00866. The molecule has 0 aromatic carbocycles. The molecule has 0 unspecified atom stereocenters. The lowest BCUT2D eigenvalue weighted by Gasteiger charge is -1.99. The van der Waals surface area contributed by atoms with Gasteiger partial charge in [0.15, 0.2) is 5.57 Å². The van der Waals surface area contributed by atoms with Crippen molar-refractivity contribution in [1.82, 2.24) is 5.32 Å². The molecule has 1 aliphatic rings. The third-order valence-electron chi connectivity index (χ3n) is 1.32. The van der Waals surface area contributed by atoms with Crippen LogP contribution in [0.5, 0.6) is 0 Å². The Morgan fingerprint density at radius 3 is 2.64 bits per heavy atom. The van der Waals surface area contributed by atoms with E-state index in [4.69, 9.17) is 15.3 Å². The van der Waals surface area contributed by atoms with Crippen LogP contribution in [0.3, 0.4) is 0 Å². The Morgan fingerprint density at radius 2 is 2.27 bits per heavy atom. The fraction of sp³-hybridized carbons (Fsp3) is 0.429. The average molecular weight is 149 g/mol. The van der Waals surface area contributed by atoms with Crippen molar-refractivity contribution in [2.45, 2.75) is 13.0 Å². The molecule has 0 spiro atoms. The van der Waals surface area contributed by atoms with Gasteiger partial charge in [0, 0.05) is 0 Å². The van der Waals surface area contributed by atoms with E-state index in [0.29, 0.717) is 12.4 Å². The summed E-state index contributed by atoms with van der Waals surface area (Å²) in [4.78, 5) is 0. The summed E-state index contributed by atoms with van der Waals surface area (Å²) in [6.45, 7) is 2.52. The van der Waals surface area contributed by atoms with Crippen LogP contribution in [0.25, 0.3) is 0 Å². The van der Waals surface area contributed by atoms with E-state index in [2.05, 4.69) is 5.32 Å². The molecule has 1 fully saturated rings. The predicted molar refractivity (Wildman–Crippen MR) is 36.8 cm³/mol. The van der Waals surface area contributed by atoms with E-state index in [-0.39, 0.29) is 11.7 Å². The van der Waals surface area contributed by atoms with Crippen LogP contribution in [0, 0.1) is 22.7 Å². The molecule has 1 heterocycles. The summed E-state index contributed by atoms with van der Waals surface area (Å²) in [7, 11) is 0. The number of nitriles is 2. The molecule has 1 rings (SSSR count). The van der Waals surface area contributed by atoms with E-state index < -0.39 is 0 Å². The molecule has 0 aromatic heterocycles. The Morgan fingerprint density at radius 1 is 1.64 bits per heavy atom. The van der Waals surface area contributed by atoms with Crippen molar-refractivity contribution in [2.75, 3.05) is 6.54 Å². The summed E-state index contributed by atoms with van der Waals surface area (Å²) < 4.78 is 5.13. The van der Waals surface area contributed by atoms with E-state index in [9.17, 15) is 0 Å². The highest BCUT2D eigenvalue weighted by atomic mass is 16.5. The SMILES string of the molecule is C[C@@H]1CNC(=C(C#N)C#N)O1. The van der Waals surface area contributed by atoms with Gasteiger partial charge in [-0.25, -0.2) is 0 Å². The molecule has 0 bridgehead atoms. The fourth-order valence-electron chi connectivity index (χ4n) is 0.795. The molecule has 56 valence electrons. The van der Waals surface area contributed by atoms with Gasteiger partial charge in [0.05, 0.1) is 6.54 Å². The Bertz CT molecular complexity index is 252. The molecule has 1 atom stereocenters. The first-order chi connectivity index (χ1) is 5.27. The third-order valence-corrected chi connectivity index (χ3v) is 1.32. The van der Waals surface area contributed by atoms with E-state index in [1.54, 1.807) is 12.1 Å². The maximum atomic E-state index is 8.42. The minimum Gasteiger partial charge on any atom is -0.473 e. The number of allylic oxidation sites excluding steroid dienone is 1. The summed E-state index contributed by atoms with van der Waals surface area (Å²) >= 11 is 0. The van der Waals surface area contributed by atoms with Crippen molar-refractivity contribution >= 4 is 0 Å². The molecule has 1 N–H and O–H groups in total. The van der Waals surface area contributed by atoms with E-state index >= 15 is 0 Å². The minimum absolute atomic E-state index is 0.00866. The molecule has 0 radical (unpaired) electrons. The molecular formula is C7H7N3O. The first kappa shape index (κ1) is 7.43. The van der Waals surface area contributed by atoms with Crippen LogP contribution in [0.1, 0.15) is 6.92 Å². The molecule has 0 aromatic rings. The van der Waals surface area contributed by atoms with Crippen LogP contribution in [-0.2, 0) is 4.74 Å². The van der Waals surface area contributed by atoms with Gasteiger partial charge in [-0.1, -0.05) is 0 Å². The number of rotatable bonds is 0. The minimum atomic E-state index is 0.00866. The molecular weight excluding hydrogens is 142 g/mol. The zero-order valence-corrected chi connectivity index (χ0v) is 6.09. The molecule has 0 amide bonds. The highest BCUT2D eigenvalue weighted by molar-refractivity contribution is 5.37. The van der Waals surface area contributed by atoms with Crippen LogP contribution >= 0.6 is 0 Å². The van der Waals surface area contributed by atoms with Gasteiger partial charge in [0.1, 0.15) is 18.2 Å². The Balaban J connectivity index is 2.83. The van der Waals surface area contributed by atoms with E-state index in [1.165, 1.54) is 0 Å². The second-order valence-electron chi connectivity index (χ2n) is 2.24. The standard InChI is InChI=1S/C7H7N3O/c1-5-4-10-7(11-5)6(2-8)3-9/h5,10H,4H2,1H3/t5-/m1/s1. The zero-order valence-electron chi connectivity index (χ0n) is 6.09.